The summed E-state index contributed by atoms with van der Waals surface area (Å²) in [5, 5.41) is 6.31. The van der Waals surface area contributed by atoms with E-state index in [1.54, 1.807) is 12.5 Å². The van der Waals surface area contributed by atoms with Crippen LogP contribution >= 0.6 is 0 Å². The Hall–Kier alpha value is -2.63. The average molecular weight is 338 g/mol. The lowest BCUT2D eigenvalue weighted by molar-refractivity contribution is -0.127. The van der Waals surface area contributed by atoms with Gasteiger partial charge in [-0.15, -0.1) is 0 Å². The molecule has 1 aromatic carbocycles. The minimum absolute atomic E-state index is 0.0115. The first-order valence-corrected chi connectivity index (χ1v) is 8.78. The third kappa shape index (κ3) is 2.81. The van der Waals surface area contributed by atoms with E-state index < -0.39 is 0 Å². The van der Waals surface area contributed by atoms with Crippen molar-refractivity contribution in [1.29, 1.82) is 0 Å². The van der Waals surface area contributed by atoms with E-state index >= 15 is 0 Å². The molecule has 4 rings (SSSR count). The third-order valence-corrected chi connectivity index (χ3v) is 5.45. The number of rotatable bonds is 3. The fraction of sp³-hybridized carbons (Fsp3) is 0.421. The minimum Gasteiger partial charge on any atom is -0.349 e. The number of carbonyl (C=O) groups excluding carboxylic acids is 2. The Bertz CT molecular complexity index is 809. The highest BCUT2D eigenvalue weighted by molar-refractivity contribution is 5.98. The van der Waals surface area contributed by atoms with Gasteiger partial charge in [0.15, 0.2) is 0 Å². The maximum absolute atomic E-state index is 13.0. The summed E-state index contributed by atoms with van der Waals surface area (Å²) in [5.74, 6) is -0.000293. The van der Waals surface area contributed by atoms with Gasteiger partial charge >= 0.3 is 0 Å². The van der Waals surface area contributed by atoms with E-state index in [2.05, 4.69) is 15.6 Å². The van der Waals surface area contributed by atoms with Gasteiger partial charge < -0.3 is 15.2 Å². The molecular formula is C19H22N4O2. The minimum atomic E-state index is -0.246. The summed E-state index contributed by atoms with van der Waals surface area (Å²) in [6.45, 7) is 1.97. The molecule has 1 atom stereocenters. The molecule has 130 valence electrons. The van der Waals surface area contributed by atoms with Crippen molar-refractivity contribution in [3.8, 4) is 5.69 Å². The number of hydrogen-bond donors (Lipinski definition) is 2. The van der Waals surface area contributed by atoms with Crippen molar-refractivity contribution in [1.82, 2.24) is 20.2 Å². The summed E-state index contributed by atoms with van der Waals surface area (Å²) < 4.78 is 1.84. The Kier molecular flexibility index (Phi) is 3.82. The van der Waals surface area contributed by atoms with Crippen LogP contribution in [0.25, 0.3) is 5.69 Å². The van der Waals surface area contributed by atoms with Gasteiger partial charge in [-0.1, -0.05) is 11.6 Å². The summed E-state index contributed by atoms with van der Waals surface area (Å²) in [5.41, 5.74) is 2.22. The summed E-state index contributed by atoms with van der Waals surface area (Å²) in [6, 6.07) is 5.82. The Morgan fingerprint density at radius 3 is 2.92 bits per heavy atom. The Labute approximate surface area is 146 Å². The molecule has 0 radical (unpaired) electrons. The second-order valence-corrected chi connectivity index (χ2v) is 7.11. The SMILES string of the molecule is Cc1ccc(-n2ccnc2)c(C(=O)N[C@H]2CCC(=O)NC23CCC3)c1. The lowest BCUT2D eigenvalue weighted by atomic mass is 9.68. The number of carbonyl (C=O) groups is 2. The van der Waals surface area contributed by atoms with Crippen LogP contribution in [0.15, 0.2) is 36.9 Å². The van der Waals surface area contributed by atoms with Crippen molar-refractivity contribution in [2.75, 3.05) is 0 Å². The zero-order valence-corrected chi connectivity index (χ0v) is 14.3. The first-order chi connectivity index (χ1) is 12.1. The van der Waals surface area contributed by atoms with Crippen molar-refractivity contribution in [3.63, 3.8) is 0 Å². The molecule has 2 N–H and O–H groups in total. The molecule has 2 fully saturated rings. The number of aromatic nitrogens is 2. The van der Waals surface area contributed by atoms with Crippen molar-refractivity contribution >= 4 is 11.8 Å². The van der Waals surface area contributed by atoms with Crippen LogP contribution in [0.1, 0.15) is 48.0 Å². The molecule has 2 aromatic rings. The third-order valence-electron chi connectivity index (χ3n) is 5.45. The summed E-state index contributed by atoms with van der Waals surface area (Å²) in [7, 11) is 0. The van der Waals surface area contributed by atoms with Gasteiger partial charge in [-0.05, 0) is 44.7 Å². The van der Waals surface area contributed by atoms with Crippen LogP contribution in [0.4, 0.5) is 0 Å². The van der Waals surface area contributed by atoms with Crippen LogP contribution in [0.2, 0.25) is 0 Å². The van der Waals surface area contributed by atoms with E-state index in [4.69, 9.17) is 0 Å². The molecule has 1 aliphatic heterocycles. The van der Waals surface area contributed by atoms with Gasteiger partial charge in [-0.25, -0.2) is 4.98 Å². The van der Waals surface area contributed by atoms with Crippen LogP contribution in [0.5, 0.6) is 0 Å². The highest BCUT2D eigenvalue weighted by Gasteiger charge is 2.48. The van der Waals surface area contributed by atoms with Crippen molar-refractivity contribution in [2.24, 2.45) is 0 Å². The number of piperidine rings is 1. The zero-order chi connectivity index (χ0) is 17.4. The highest BCUT2D eigenvalue weighted by Crippen LogP contribution is 2.39. The van der Waals surface area contributed by atoms with Crippen LogP contribution in [-0.2, 0) is 4.79 Å². The maximum atomic E-state index is 13.0. The van der Waals surface area contributed by atoms with Gasteiger partial charge in [0, 0.05) is 18.8 Å². The van der Waals surface area contributed by atoms with Crippen molar-refractivity contribution in [3.05, 3.63) is 48.0 Å². The van der Waals surface area contributed by atoms with Crippen molar-refractivity contribution < 1.29 is 9.59 Å². The molecule has 6 heteroatoms. The standard InChI is InChI=1S/C19H22N4O2/c1-13-3-4-15(23-10-9-20-12-23)14(11-13)18(25)21-16-5-6-17(24)22-19(16)7-2-8-19/h3-4,9-12,16H,2,5-8H2,1H3,(H,21,25)(H,22,24)/t16-/m0/s1. The van der Waals surface area contributed by atoms with Crippen LogP contribution in [-0.4, -0.2) is 32.9 Å². The van der Waals surface area contributed by atoms with Crippen LogP contribution < -0.4 is 10.6 Å². The number of hydrogen-bond acceptors (Lipinski definition) is 3. The van der Waals surface area contributed by atoms with E-state index in [0.29, 0.717) is 18.4 Å². The normalized spacial score (nSPS) is 21.5. The number of amides is 2. The smallest absolute Gasteiger partial charge is 0.253 e. The predicted octanol–water partition coefficient (Wildman–Crippen LogP) is 2.11. The molecule has 1 saturated heterocycles. The molecule has 25 heavy (non-hydrogen) atoms. The molecule has 0 bridgehead atoms. The van der Waals surface area contributed by atoms with Crippen molar-refractivity contribution in [2.45, 2.75) is 50.6 Å². The van der Waals surface area contributed by atoms with E-state index in [-0.39, 0.29) is 23.4 Å². The summed E-state index contributed by atoms with van der Waals surface area (Å²) in [6.07, 6.45) is 9.35. The number of nitrogens with one attached hydrogen (secondary N) is 2. The predicted molar refractivity (Wildman–Crippen MR) is 93.5 cm³/mol. The summed E-state index contributed by atoms with van der Waals surface area (Å²) in [4.78, 5) is 28.9. The average Bonchev–Trinajstić information content (AvgIpc) is 3.09. The topological polar surface area (TPSA) is 76.0 Å². The molecule has 1 saturated carbocycles. The van der Waals surface area contributed by atoms with Crippen LogP contribution in [0, 0.1) is 6.92 Å². The quantitative estimate of drug-likeness (QED) is 0.900. The Balaban J connectivity index is 1.61. The number of benzene rings is 1. The molecule has 2 amide bonds. The highest BCUT2D eigenvalue weighted by atomic mass is 16.2. The van der Waals surface area contributed by atoms with E-state index in [9.17, 15) is 9.59 Å². The largest absolute Gasteiger partial charge is 0.349 e. The number of nitrogens with zero attached hydrogens (tertiary/aromatic N) is 2. The first-order valence-electron chi connectivity index (χ1n) is 8.78. The lowest BCUT2D eigenvalue weighted by Crippen LogP contribution is -2.68. The Morgan fingerprint density at radius 2 is 2.24 bits per heavy atom. The number of imidazole rings is 1. The second kappa shape index (κ2) is 6.02. The van der Waals surface area contributed by atoms with Gasteiger partial charge in [0.1, 0.15) is 0 Å². The number of aryl methyl sites for hydroxylation is 1. The fourth-order valence-electron chi connectivity index (χ4n) is 3.91. The van der Waals surface area contributed by atoms with Gasteiger partial charge in [0.05, 0.1) is 29.2 Å². The molecule has 2 aliphatic rings. The zero-order valence-electron chi connectivity index (χ0n) is 14.3. The lowest BCUT2D eigenvalue weighted by Gasteiger charge is -2.51. The molecule has 2 heterocycles. The molecule has 1 aliphatic carbocycles. The molecular weight excluding hydrogens is 316 g/mol. The molecule has 6 nitrogen and oxygen atoms in total. The van der Waals surface area contributed by atoms with Gasteiger partial charge in [0.2, 0.25) is 5.91 Å². The van der Waals surface area contributed by atoms with Gasteiger partial charge in [-0.2, -0.15) is 0 Å². The van der Waals surface area contributed by atoms with Crippen LogP contribution in [0.3, 0.4) is 0 Å². The molecule has 1 spiro atoms. The first kappa shape index (κ1) is 15.9. The van der Waals surface area contributed by atoms with E-state index in [0.717, 1.165) is 30.5 Å². The second-order valence-electron chi connectivity index (χ2n) is 7.11. The maximum Gasteiger partial charge on any atom is 0.253 e. The summed E-state index contributed by atoms with van der Waals surface area (Å²) >= 11 is 0. The van der Waals surface area contributed by atoms with Gasteiger partial charge in [-0.3, -0.25) is 9.59 Å². The molecule has 1 aromatic heterocycles. The monoisotopic (exact) mass is 338 g/mol. The van der Waals surface area contributed by atoms with E-state index in [1.807, 2.05) is 35.9 Å². The van der Waals surface area contributed by atoms with Gasteiger partial charge in [0.25, 0.3) is 5.91 Å². The fourth-order valence-corrected chi connectivity index (χ4v) is 3.91. The van der Waals surface area contributed by atoms with E-state index in [1.165, 1.54) is 0 Å². The Morgan fingerprint density at radius 1 is 1.40 bits per heavy atom. The molecule has 0 unspecified atom stereocenters.